The van der Waals surface area contributed by atoms with Gasteiger partial charge in [0.1, 0.15) is 5.54 Å². The standard InChI is InChI=1S/C13H18N2O2S/c1-3-13(2)12(17)15(6-4-11(16)14-13)8-10-5-7-18-9-10/h5,7,9H,3-4,6,8H2,1-2H3,(H,14,16). The Morgan fingerprint density at radius 1 is 1.50 bits per heavy atom. The lowest BCUT2D eigenvalue weighted by atomic mass is 9.97. The Labute approximate surface area is 111 Å². The molecule has 0 radical (unpaired) electrons. The molecule has 1 saturated heterocycles. The zero-order valence-electron chi connectivity index (χ0n) is 10.7. The van der Waals surface area contributed by atoms with Crippen molar-refractivity contribution >= 4 is 23.2 Å². The molecule has 5 heteroatoms. The molecular formula is C13H18N2O2S. The third-order valence-electron chi connectivity index (χ3n) is 3.44. The van der Waals surface area contributed by atoms with Crippen LogP contribution in [0.4, 0.5) is 0 Å². The van der Waals surface area contributed by atoms with E-state index in [0.717, 1.165) is 5.56 Å². The molecule has 1 aliphatic rings. The second-order valence-corrected chi connectivity index (χ2v) is 5.62. The Hall–Kier alpha value is -1.36. The lowest BCUT2D eigenvalue weighted by molar-refractivity contribution is -0.138. The zero-order chi connectivity index (χ0) is 13.2. The summed E-state index contributed by atoms with van der Waals surface area (Å²) in [5.74, 6) is -0.0254. The predicted octanol–water partition coefficient (Wildman–Crippen LogP) is 1.77. The average Bonchev–Trinajstić information content (AvgIpc) is 2.82. The highest BCUT2D eigenvalue weighted by molar-refractivity contribution is 7.07. The summed E-state index contributed by atoms with van der Waals surface area (Å²) in [5, 5.41) is 6.88. The van der Waals surface area contributed by atoms with Crippen LogP contribution in [-0.2, 0) is 16.1 Å². The van der Waals surface area contributed by atoms with Gasteiger partial charge >= 0.3 is 0 Å². The van der Waals surface area contributed by atoms with Crippen LogP contribution >= 0.6 is 11.3 Å². The van der Waals surface area contributed by atoms with Crippen LogP contribution < -0.4 is 5.32 Å². The van der Waals surface area contributed by atoms with E-state index in [2.05, 4.69) is 5.32 Å². The van der Waals surface area contributed by atoms with E-state index in [1.54, 1.807) is 23.2 Å². The molecule has 1 aliphatic heterocycles. The average molecular weight is 266 g/mol. The number of hydrogen-bond acceptors (Lipinski definition) is 3. The molecule has 1 aromatic heterocycles. The van der Waals surface area contributed by atoms with Gasteiger partial charge in [-0.25, -0.2) is 0 Å². The van der Waals surface area contributed by atoms with Gasteiger partial charge in [-0.1, -0.05) is 6.92 Å². The molecule has 4 nitrogen and oxygen atoms in total. The summed E-state index contributed by atoms with van der Waals surface area (Å²) in [6, 6.07) is 2.02. The van der Waals surface area contributed by atoms with Crippen LogP contribution in [0.5, 0.6) is 0 Å². The topological polar surface area (TPSA) is 49.4 Å². The lowest BCUT2D eigenvalue weighted by Crippen LogP contribution is -2.54. The molecule has 1 fully saturated rings. The van der Waals surface area contributed by atoms with Crippen LogP contribution in [0.15, 0.2) is 16.8 Å². The van der Waals surface area contributed by atoms with Gasteiger partial charge < -0.3 is 10.2 Å². The van der Waals surface area contributed by atoms with Crippen LogP contribution in [0, 0.1) is 0 Å². The van der Waals surface area contributed by atoms with Crippen molar-refractivity contribution in [3.63, 3.8) is 0 Å². The summed E-state index contributed by atoms with van der Waals surface area (Å²) in [6.45, 7) is 4.81. The smallest absolute Gasteiger partial charge is 0.248 e. The normalized spacial score (nSPS) is 24.9. The van der Waals surface area contributed by atoms with Gasteiger partial charge in [0.05, 0.1) is 0 Å². The number of carbonyl (C=O) groups excluding carboxylic acids is 2. The van der Waals surface area contributed by atoms with E-state index in [1.165, 1.54) is 0 Å². The van der Waals surface area contributed by atoms with E-state index >= 15 is 0 Å². The summed E-state index contributed by atoms with van der Waals surface area (Å²) in [5.41, 5.74) is 0.366. The molecule has 1 atom stereocenters. The van der Waals surface area contributed by atoms with Gasteiger partial charge in [0, 0.05) is 19.5 Å². The van der Waals surface area contributed by atoms with Crippen LogP contribution in [0.25, 0.3) is 0 Å². The molecule has 1 aromatic rings. The monoisotopic (exact) mass is 266 g/mol. The third kappa shape index (κ3) is 2.56. The van der Waals surface area contributed by atoms with Crippen molar-refractivity contribution in [2.24, 2.45) is 0 Å². The minimum atomic E-state index is -0.760. The summed E-state index contributed by atoms with van der Waals surface area (Å²) in [6.07, 6.45) is 0.989. The number of thiophene rings is 1. The highest BCUT2D eigenvalue weighted by atomic mass is 32.1. The SMILES string of the molecule is CCC1(C)NC(=O)CCN(Cc2ccsc2)C1=O. The van der Waals surface area contributed by atoms with Gasteiger partial charge in [0.25, 0.3) is 0 Å². The van der Waals surface area contributed by atoms with Crippen molar-refractivity contribution in [3.8, 4) is 0 Å². The molecule has 18 heavy (non-hydrogen) atoms. The molecular weight excluding hydrogens is 248 g/mol. The predicted molar refractivity (Wildman–Crippen MR) is 71.2 cm³/mol. The summed E-state index contributed by atoms with van der Waals surface area (Å²) in [7, 11) is 0. The Balaban J connectivity index is 2.19. The van der Waals surface area contributed by atoms with E-state index in [9.17, 15) is 9.59 Å². The first-order chi connectivity index (χ1) is 8.55. The second-order valence-electron chi connectivity index (χ2n) is 4.84. The van der Waals surface area contributed by atoms with Crippen molar-refractivity contribution in [1.29, 1.82) is 0 Å². The minimum absolute atomic E-state index is 0.0158. The molecule has 98 valence electrons. The van der Waals surface area contributed by atoms with Crippen LogP contribution in [0.1, 0.15) is 32.3 Å². The maximum atomic E-state index is 12.5. The van der Waals surface area contributed by atoms with E-state index in [1.807, 2.05) is 23.8 Å². The number of nitrogens with one attached hydrogen (secondary N) is 1. The highest BCUT2D eigenvalue weighted by Crippen LogP contribution is 2.20. The van der Waals surface area contributed by atoms with Crippen LogP contribution in [0.2, 0.25) is 0 Å². The maximum Gasteiger partial charge on any atom is 0.248 e. The molecule has 2 heterocycles. The molecule has 0 bridgehead atoms. The number of rotatable bonds is 3. The van der Waals surface area contributed by atoms with Gasteiger partial charge in [-0.2, -0.15) is 11.3 Å². The Morgan fingerprint density at radius 2 is 2.28 bits per heavy atom. The first-order valence-electron chi connectivity index (χ1n) is 6.16. The van der Waals surface area contributed by atoms with Gasteiger partial charge in [-0.3, -0.25) is 9.59 Å². The molecule has 0 aromatic carbocycles. The van der Waals surface area contributed by atoms with E-state index < -0.39 is 5.54 Å². The molecule has 1 N–H and O–H groups in total. The minimum Gasteiger partial charge on any atom is -0.342 e. The molecule has 2 rings (SSSR count). The van der Waals surface area contributed by atoms with E-state index in [-0.39, 0.29) is 11.8 Å². The molecule has 1 unspecified atom stereocenters. The zero-order valence-corrected chi connectivity index (χ0v) is 11.5. The fourth-order valence-electron chi connectivity index (χ4n) is 2.10. The van der Waals surface area contributed by atoms with E-state index in [4.69, 9.17) is 0 Å². The molecule has 0 aliphatic carbocycles. The van der Waals surface area contributed by atoms with E-state index in [0.29, 0.717) is 25.9 Å². The highest BCUT2D eigenvalue weighted by Gasteiger charge is 2.38. The van der Waals surface area contributed by atoms with Crippen molar-refractivity contribution in [1.82, 2.24) is 10.2 Å². The maximum absolute atomic E-state index is 12.5. The molecule has 0 spiro atoms. The Bertz CT molecular complexity index is 444. The van der Waals surface area contributed by atoms with Gasteiger partial charge in [-0.05, 0) is 35.7 Å². The lowest BCUT2D eigenvalue weighted by Gasteiger charge is -2.31. The largest absolute Gasteiger partial charge is 0.342 e. The summed E-state index contributed by atoms with van der Waals surface area (Å²) >= 11 is 1.62. The fraction of sp³-hybridized carbons (Fsp3) is 0.538. The van der Waals surface area contributed by atoms with Crippen molar-refractivity contribution in [2.45, 2.75) is 38.8 Å². The van der Waals surface area contributed by atoms with Crippen molar-refractivity contribution in [3.05, 3.63) is 22.4 Å². The Morgan fingerprint density at radius 3 is 2.89 bits per heavy atom. The van der Waals surface area contributed by atoms with Crippen molar-refractivity contribution < 1.29 is 9.59 Å². The van der Waals surface area contributed by atoms with Gasteiger partial charge in [0.2, 0.25) is 11.8 Å². The number of hydrogen-bond donors (Lipinski definition) is 1. The molecule has 2 amide bonds. The van der Waals surface area contributed by atoms with Crippen LogP contribution in [0.3, 0.4) is 0 Å². The van der Waals surface area contributed by atoms with Crippen LogP contribution in [-0.4, -0.2) is 28.8 Å². The number of nitrogens with zero attached hydrogens (tertiary/aromatic N) is 1. The Kier molecular flexibility index (Phi) is 3.71. The fourth-order valence-corrected chi connectivity index (χ4v) is 2.76. The van der Waals surface area contributed by atoms with Gasteiger partial charge in [0.15, 0.2) is 0 Å². The van der Waals surface area contributed by atoms with Crippen molar-refractivity contribution in [2.75, 3.05) is 6.54 Å². The number of carbonyl (C=O) groups is 2. The first-order valence-corrected chi connectivity index (χ1v) is 7.11. The quantitative estimate of drug-likeness (QED) is 0.906. The first kappa shape index (κ1) is 13.1. The number of amides is 2. The second kappa shape index (κ2) is 5.10. The molecule has 0 saturated carbocycles. The van der Waals surface area contributed by atoms with Gasteiger partial charge in [-0.15, -0.1) is 0 Å². The third-order valence-corrected chi connectivity index (χ3v) is 4.18. The summed E-state index contributed by atoms with van der Waals surface area (Å²) in [4.78, 5) is 25.9. The summed E-state index contributed by atoms with van der Waals surface area (Å²) < 4.78 is 0.